The van der Waals surface area contributed by atoms with E-state index in [9.17, 15) is 9.59 Å². The van der Waals surface area contributed by atoms with E-state index in [2.05, 4.69) is 10.3 Å². The number of hydrogen-bond acceptors (Lipinski definition) is 4. The van der Waals surface area contributed by atoms with Crippen LogP contribution >= 0.6 is 11.6 Å². The number of rotatable bonds is 4. The van der Waals surface area contributed by atoms with Crippen molar-refractivity contribution in [1.82, 2.24) is 14.8 Å². The van der Waals surface area contributed by atoms with Gasteiger partial charge in [-0.25, -0.2) is 0 Å². The Labute approximate surface area is 157 Å². The van der Waals surface area contributed by atoms with Crippen LogP contribution in [-0.4, -0.2) is 52.8 Å². The molecule has 0 spiro atoms. The van der Waals surface area contributed by atoms with Crippen molar-refractivity contribution in [1.29, 1.82) is 0 Å². The predicted molar refractivity (Wildman–Crippen MR) is 101 cm³/mol. The van der Waals surface area contributed by atoms with E-state index < -0.39 is 0 Å². The zero-order valence-electron chi connectivity index (χ0n) is 14.6. The number of benzene rings is 1. The molecule has 2 amide bonds. The van der Waals surface area contributed by atoms with Crippen LogP contribution in [0.25, 0.3) is 0 Å². The molecule has 1 fully saturated rings. The highest BCUT2D eigenvalue weighted by Crippen LogP contribution is 2.18. The van der Waals surface area contributed by atoms with Crippen molar-refractivity contribution < 1.29 is 9.59 Å². The normalized spacial score (nSPS) is 14.2. The SMILES string of the molecule is CC(=O)N1CCN(C(=O)c2cc(NCc3ccccc3Cl)ccn2)CC1. The molecule has 136 valence electrons. The minimum atomic E-state index is -0.116. The Balaban J connectivity index is 1.63. The molecule has 2 heterocycles. The van der Waals surface area contributed by atoms with Crippen LogP contribution in [0, 0.1) is 0 Å². The smallest absolute Gasteiger partial charge is 0.272 e. The molecule has 1 N–H and O–H groups in total. The van der Waals surface area contributed by atoms with Crippen molar-refractivity contribution in [2.24, 2.45) is 0 Å². The number of aromatic nitrogens is 1. The molecule has 0 radical (unpaired) electrons. The number of anilines is 1. The summed E-state index contributed by atoms with van der Waals surface area (Å²) >= 11 is 6.17. The third-order valence-electron chi connectivity index (χ3n) is 4.43. The topological polar surface area (TPSA) is 65.5 Å². The molecule has 26 heavy (non-hydrogen) atoms. The first-order chi connectivity index (χ1) is 12.5. The second-order valence-corrected chi connectivity index (χ2v) is 6.58. The lowest BCUT2D eigenvalue weighted by atomic mass is 10.2. The maximum atomic E-state index is 12.7. The minimum absolute atomic E-state index is 0.0426. The number of halogens is 1. The summed E-state index contributed by atoms with van der Waals surface area (Å²) < 4.78 is 0. The second-order valence-electron chi connectivity index (χ2n) is 6.17. The monoisotopic (exact) mass is 372 g/mol. The summed E-state index contributed by atoms with van der Waals surface area (Å²) in [4.78, 5) is 31.8. The lowest BCUT2D eigenvalue weighted by molar-refractivity contribution is -0.130. The van der Waals surface area contributed by atoms with Crippen LogP contribution in [0.3, 0.4) is 0 Å². The molecule has 3 rings (SSSR count). The van der Waals surface area contributed by atoms with Gasteiger partial charge in [-0.2, -0.15) is 0 Å². The molecule has 0 bridgehead atoms. The zero-order chi connectivity index (χ0) is 18.5. The highest BCUT2D eigenvalue weighted by atomic mass is 35.5. The van der Waals surface area contributed by atoms with Crippen molar-refractivity contribution in [3.8, 4) is 0 Å². The molecule has 1 saturated heterocycles. The average Bonchev–Trinajstić information content (AvgIpc) is 2.67. The first kappa shape index (κ1) is 18.2. The first-order valence-electron chi connectivity index (χ1n) is 8.52. The molecular weight excluding hydrogens is 352 g/mol. The lowest BCUT2D eigenvalue weighted by Crippen LogP contribution is -2.50. The maximum Gasteiger partial charge on any atom is 0.272 e. The molecule has 1 aromatic heterocycles. The summed E-state index contributed by atoms with van der Waals surface area (Å²) in [5.74, 6) is -0.0735. The minimum Gasteiger partial charge on any atom is -0.381 e. The number of piperazine rings is 1. The summed E-state index contributed by atoms with van der Waals surface area (Å²) in [6.45, 7) is 4.29. The van der Waals surface area contributed by atoms with E-state index in [-0.39, 0.29) is 11.8 Å². The molecule has 2 aromatic rings. The summed E-state index contributed by atoms with van der Waals surface area (Å²) in [7, 11) is 0. The lowest BCUT2D eigenvalue weighted by Gasteiger charge is -2.34. The van der Waals surface area contributed by atoms with Crippen LogP contribution in [0.15, 0.2) is 42.6 Å². The molecular formula is C19H21ClN4O2. The number of carbonyl (C=O) groups excluding carboxylic acids is 2. The highest BCUT2D eigenvalue weighted by Gasteiger charge is 2.24. The first-order valence-corrected chi connectivity index (χ1v) is 8.90. The standard InChI is InChI=1S/C19H21ClN4O2/c1-14(25)23-8-10-24(11-9-23)19(26)18-12-16(6-7-21-18)22-13-15-4-2-3-5-17(15)20/h2-7,12H,8-11,13H2,1H3,(H,21,22). The highest BCUT2D eigenvalue weighted by molar-refractivity contribution is 6.31. The van der Waals surface area contributed by atoms with Crippen LogP contribution in [0.2, 0.25) is 5.02 Å². The van der Waals surface area contributed by atoms with Crippen molar-refractivity contribution in [2.75, 3.05) is 31.5 Å². The van der Waals surface area contributed by atoms with E-state index in [0.29, 0.717) is 43.4 Å². The number of amides is 2. The Morgan fingerprint density at radius 1 is 1.12 bits per heavy atom. The van der Waals surface area contributed by atoms with Crippen molar-refractivity contribution in [3.63, 3.8) is 0 Å². The van der Waals surface area contributed by atoms with Gasteiger partial charge in [-0.3, -0.25) is 14.6 Å². The third-order valence-corrected chi connectivity index (χ3v) is 4.80. The Hall–Kier alpha value is -2.60. The van der Waals surface area contributed by atoms with Crippen LogP contribution in [0.1, 0.15) is 23.0 Å². The summed E-state index contributed by atoms with van der Waals surface area (Å²) in [6, 6.07) is 11.2. The quantitative estimate of drug-likeness (QED) is 0.896. The largest absolute Gasteiger partial charge is 0.381 e. The van der Waals surface area contributed by atoms with Crippen LogP contribution < -0.4 is 5.32 Å². The fraction of sp³-hybridized carbons (Fsp3) is 0.316. The molecule has 6 nitrogen and oxygen atoms in total. The van der Waals surface area contributed by atoms with Crippen molar-refractivity contribution >= 4 is 29.1 Å². The van der Waals surface area contributed by atoms with Gasteiger partial charge in [0.15, 0.2) is 0 Å². The summed E-state index contributed by atoms with van der Waals surface area (Å²) in [5, 5.41) is 3.98. The van der Waals surface area contributed by atoms with Gasteiger partial charge in [0.2, 0.25) is 5.91 Å². The Morgan fingerprint density at radius 3 is 2.50 bits per heavy atom. The van der Waals surface area contributed by atoms with Crippen LogP contribution in [0.4, 0.5) is 5.69 Å². The number of hydrogen-bond donors (Lipinski definition) is 1. The molecule has 7 heteroatoms. The molecule has 0 saturated carbocycles. The van der Waals surface area contributed by atoms with Gasteiger partial charge in [-0.1, -0.05) is 29.8 Å². The number of carbonyl (C=O) groups is 2. The fourth-order valence-electron chi connectivity index (χ4n) is 2.88. The Kier molecular flexibility index (Phi) is 5.73. The van der Waals surface area contributed by atoms with Gasteiger partial charge >= 0.3 is 0 Å². The molecule has 1 aliphatic rings. The van der Waals surface area contributed by atoms with Crippen molar-refractivity contribution in [3.05, 3.63) is 58.9 Å². The molecule has 1 aromatic carbocycles. The predicted octanol–water partition coefficient (Wildman–Crippen LogP) is 2.65. The summed E-state index contributed by atoms with van der Waals surface area (Å²) in [5.41, 5.74) is 2.19. The van der Waals surface area contributed by atoms with E-state index >= 15 is 0 Å². The second kappa shape index (κ2) is 8.19. The summed E-state index contributed by atoms with van der Waals surface area (Å²) in [6.07, 6.45) is 1.62. The Bertz CT molecular complexity index is 804. The molecule has 0 atom stereocenters. The third kappa shape index (κ3) is 4.32. The fourth-order valence-corrected chi connectivity index (χ4v) is 3.09. The van der Waals surface area contributed by atoms with Crippen molar-refractivity contribution in [2.45, 2.75) is 13.5 Å². The number of pyridine rings is 1. The van der Waals surface area contributed by atoms with Gasteiger partial charge in [-0.05, 0) is 23.8 Å². The van der Waals surface area contributed by atoms with Gasteiger partial charge in [0, 0.05) is 56.6 Å². The molecule has 0 unspecified atom stereocenters. The van der Waals surface area contributed by atoms with Gasteiger partial charge < -0.3 is 15.1 Å². The maximum absolute atomic E-state index is 12.7. The van der Waals surface area contributed by atoms with E-state index in [1.54, 1.807) is 29.0 Å². The van der Waals surface area contributed by atoms with E-state index in [0.717, 1.165) is 11.3 Å². The van der Waals surface area contributed by atoms with Crippen LogP contribution in [0.5, 0.6) is 0 Å². The van der Waals surface area contributed by atoms with Gasteiger partial charge in [0.25, 0.3) is 5.91 Å². The number of nitrogens with zero attached hydrogens (tertiary/aromatic N) is 3. The average molecular weight is 373 g/mol. The molecule has 1 aliphatic heterocycles. The zero-order valence-corrected chi connectivity index (χ0v) is 15.4. The van der Waals surface area contributed by atoms with Gasteiger partial charge in [0.1, 0.15) is 5.69 Å². The van der Waals surface area contributed by atoms with Gasteiger partial charge in [-0.15, -0.1) is 0 Å². The van der Waals surface area contributed by atoms with E-state index in [1.807, 2.05) is 30.3 Å². The molecule has 0 aliphatic carbocycles. The van der Waals surface area contributed by atoms with Crippen LogP contribution in [-0.2, 0) is 11.3 Å². The van der Waals surface area contributed by atoms with E-state index in [1.165, 1.54) is 0 Å². The number of nitrogens with one attached hydrogen (secondary N) is 1. The van der Waals surface area contributed by atoms with E-state index in [4.69, 9.17) is 11.6 Å². The van der Waals surface area contributed by atoms with Gasteiger partial charge in [0.05, 0.1) is 0 Å². The Morgan fingerprint density at radius 2 is 1.81 bits per heavy atom.